The number of carbonyl (C=O) groups excluding carboxylic acids is 1. The van der Waals surface area contributed by atoms with Crippen molar-refractivity contribution in [2.45, 2.75) is 6.04 Å². The predicted molar refractivity (Wildman–Crippen MR) is 70.5 cm³/mol. The summed E-state index contributed by atoms with van der Waals surface area (Å²) >= 11 is 1.87. The zero-order valence-corrected chi connectivity index (χ0v) is 11.2. The molecule has 1 atom stereocenters. The molecule has 1 aliphatic heterocycles. The van der Waals surface area contributed by atoms with Crippen LogP contribution in [0.25, 0.3) is 0 Å². The quantitative estimate of drug-likeness (QED) is 0.785. The molecule has 2 heterocycles. The molecule has 0 aromatic carbocycles. The zero-order valence-electron chi connectivity index (χ0n) is 10.4. The van der Waals surface area contributed by atoms with Gasteiger partial charge in [-0.05, 0) is 7.05 Å². The van der Waals surface area contributed by atoms with E-state index < -0.39 is 5.97 Å². The summed E-state index contributed by atoms with van der Waals surface area (Å²) in [7, 11) is 3.35. The lowest BCUT2D eigenvalue weighted by atomic mass is 10.2. The minimum absolute atomic E-state index is 0.151. The van der Waals surface area contributed by atoms with Gasteiger partial charge in [0.25, 0.3) is 0 Å². The largest absolute Gasteiger partial charge is 0.465 e. The van der Waals surface area contributed by atoms with Crippen LogP contribution in [0, 0.1) is 0 Å². The van der Waals surface area contributed by atoms with Gasteiger partial charge in [0, 0.05) is 24.2 Å². The molecule has 1 aromatic rings. The Morgan fingerprint density at radius 2 is 2.44 bits per heavy atom. The molecule has 0 amide bonds. The van der Waals surface area contributed by atoms with Gasteiger partial charge in [-0.3, -0.25) is 4.90 Å². The molecule has 0 saturated carbocycles. The molecule has 18 heavy (non-hydrogen) atoms. The van der Waals surface area contributed by atoms with Crippen molar-refractivity contribution in [1.82, 2.24) is 14.9 Å². The van der Waals surface area contributed by atoms with Crippen molar-refractivity contribution in [3.63, 3.8) is 0 Å². The Hall–Kier alpha value is -1.34. The fraction of sp³-hybridized carbons (Fsp3) is 0.545. The van der Waals surface area contributed by atoms with Gasteiger partial charge in [0.05, 0.1) is 13.2 Å². The molecule has 0 spiro atoms. The molecule has 0 radical (unpaired) electrons. The number of nitrogens with two attached hydrogens (primary N) is 1. The summed E-state index contributed by atoms with van der Waals surface area (Å²) < 4.78 is 4.61. The van der Waals surface area contributed by atoms with Gasteiger partial charge in [-0.15, -0.1) is 0 Å². The molecule has 1 aromatic heterocycles. The second-order valence-electron chi connectivity index (χ2n) is 4.09. The van der Waals surface area contributed by atoms with E-state index in [1.54, 1.807) is 0 Å². The first-order valence-electron chi connectivity index (χ1n) is 5.62. The number of hydrogen-bond donors (Lipinski definition) is 1. The van der Waals surface area contributed by atoms with Crippen LogP contribution in [0.15, 0.2) is 6.20 Å². The molecule has 2 rings (SSSR count). The highest BCUT2D eigenvalue weighted by atomic mass is 32.2. The van der Waals surface area contributed by atoms with E-state index in [9.17, 15) is 4.79 Å². The molecule has 0 aliphatic carbocycles. The van der Waals surface area contributed by atoms with Crippen LogP contribution in [0.4, 0.5) is 5.82 Å². The summed E-state index contributed by atoms with van der Waals surface area (Å²) in [5.74, 6) is 2.38. The third-order valence-electron chi connectivity index (χ3n) is 2.94. The van der Waals surface area contributed by atoms with Gasteiger partial charge in [-0.25, -0.2) is 14.8 Å². The smallest absolute Gasteiger partial charge is 0.343 e. The maximum atomic E-state index is 11.4. The van der Waals surface area contributed by atoms with E-state index in [1.807, 2.05) is 18.8 Å². The summed E-state index contributed by atoms with van der Waals surface area (Å²) in [5.41, 5.74) is 5.99. The number of anilines is 1. The van der Waals surface area contributed by atoms with E-state index in [-0.39, 0.29) is 17.4 Å². The lowest BCUT2D eigenvalue weighted by Gasteiger charge is -2.30. The summed E-state index contributed by atoms with van der Waals surface area (Å²) in [6, 6.07) is 0.151. The summed E-state index contributed by atoms with van der Waals surface area (Å²) in [4.78, 5) is 22.0. The summed E-state index contributed by atoms with van der Waals surface area (Å²) in [5, 5.41) is 0. The molecule has 0 bridgehead atoms. The second-order valence-corrected chi connectivity index (χ2v) is 5.24. The normalized spacial score (nSPS) is 20.7. The Balaban J connectivity index is 2.25. The van der Waals surface area contributed by atoms with Crippen LogP contribution in [0.5, 0.6) is 0 Å². The fourth-order valence-electron chi connectivity index (χ4n) is 1.80. The van der Waals surface area contributed by atoms with Crippen LogP contribution >= 0.6 is 11.8 Å². The third kappa shape index (κ3) is 2.56. The van der Waals surface area contributed by atoms with Gasteiger partial charge < -0.3 is 10.5 Å². The number of carbonyl (C=O) groups is 1. The van der Waals surface area contributed by atoms with Crippen LogP contribution in [-0.4, -0.2) is 53.0 Å². The van der Waals surface area contributed by atoms with E-state index in [0.717, 1.165) is 18.1 Å². The predicted octanol–water partition coefficient (Wildman–Crippen LogP) is 0.565. The highest BCUT2D eigenvalue weighted by Gasteiger charge is 2.24. The van der Waals surface area contributed by atoms with Crippen molar-refractivity contribution < 1.29 is 9.53 Å². The molecule has 1 unspecified atom stereocenters. The van der Waals surface area contributed by atoms with Crippen molar-refractivity contribution in [3.8, 4) is 0 Å². The Morgan fingerprint density at radius 3 is 3.06 bits per heavy atom. The zero-order chi connectivity index (χ0) is 13.1. The maximum Gasteiger partial charge on any atom is 0.343 e. The van der Waals surface area contributed by atoms with Gasteiger partial charge in [-0.2, -0.15) is 11.8 Å². The second kappa shape index (κ2) is 5.53. The van der Waals surface area contributed by atoms with E-state index >= 15 is 0 Å². The Labute approximate surface area is 110 Å². The molecule has 1 saturated heterocycles. The molecular weight excluding hydrogens is 252 g/mol. The minimum Gasteiger partial charge on any atom is -0.465 e. The van der Waals surface area contributed by atoms with E-state index in [2.05, 4.69) is 19.6 Å². The van der Waals surface area contributed by atoms with E-state index in [1.165, 1.54) is 13.3 Å². The Bertz CT molecular complexity index is 455. The lowest BCUT2D eigenvalue weighted by molar-refractivity contribution is 0.0601. The number of esters is 1. The van der Waals surface area contributed by atoms with Gasteiger partial charge in [0.15, 0.2) is 0 Å². The van der Waals surface area contributed by atoms with Gasteiger partial charge in [0.1, 0.15) is 17.2 Å². The van der Waals surface area contributed by atoms with Crippen LogP contribution in [0.3, 0.4) is 0 Å². The third-order valence-corrected chi connectivity index (χ3v) is 3.96. The molecule has 1 aliphatic rings. The Morgan fingerprint density at radius 1 is 1.67 bits per heavy atom. The van der Waals surface area contributed by atoms with E-state index in [4.69, 9.17) is 5.73 Å². The number of aromatic nitrogens is 2. The Kier molecular flexibility index (Phi) is 4.03. The van der Waals surface area contributed by atoms with Crippen LogP contribution in [-0.2, 0) is 4.74 Å². The standard InChI is InChI=1S/C11H16N4O2S/c1-15-3-4-18-6-8(15)10-13-5-7(9(12)14-10)11(16)17-2/h5,8H,3-4,6H2,1-2H3,(H2,12,13,14). The molecule has 1 fully saturated rings. The minimum atomic E-state index is -0.509. The molecule has 6 nitrogen and oxygen atoms in total. The van der Waals surface area contributed by atoms with E-state index in [0.29, 0.717) is 5.82 Å². The fourth-order valence-corrected chi connectivity index (χ4v) is 3.01. The van der Waals surface area contributed by atoms with Crippen LogP contribution < -0.4 is 5.73 Å². The number of rotatable bonds is 2. The molecule has 2 N–H and O–H groups in total. The van der Waals surface area contributed by atoms with Crippen molar-refractivity contribution >= 4 is 23.5 Å². The van der Waals surface area contributed by atoms with Crippen LogP contribution in [0.1, 0.15) is 22.2 Å². The summed E-state index contributed by atoms with van der Waals surface area (Å²) in [6.07, 6.45) is 1.44. The average molecular weight is 268 g/mol. The molecule has 98 valence electrons. The van der Waals surface area contributed by atoms with Crippen molar-refractivity contribution in [2.75, 3.05) is 37.9 Å². The summed E-state index contributed by atoms with van der Waals surface area (Å²) in [6.45, 7) is 0.997. The van der Waals surface area contributed by atoms with Crippen LogP contribution in [0.2, 0.25) is 0 Å². The average Bonchev–Trinajstić information content (AvgIpc) is 2.38. The monoisotopic (exact) mass is 268 g/mol. The van der Waals surface area contributed by atoms with Crippen molar-refractivity contribution in [3.05, 3.63) is 17.6 Å². The van der Waals surface area contributed by atoms with Crippen molar-refractivity contribution in [1.29, 1.82) is 0 Å². The SMILES string of the molecule is COC(=O)c1cnc(C2CSCCN2C)nc1N. The number of ether oxygens (including phenoxy) is 1. The number of hydrogen-bond acceptors (Lipinski definition) is 7. The van der Waals surface area contributed by atoms with Gasteiger partial charge >= 0.3 is 5.97 Å². The first kappa shape index (κ1) is 13.1. The molecule has 7 heteroatoms. The number of methoxy groups -OCH3 is 1. The molecular formula is C11H16N4O2S. The number of nitrogens with zero attached hydrogens (tertiary/aromatic N) is 3. The van der Waals surface area contributed by atoms with Gasteiger partial charge in [0.2, 0.25) is 0 Å². The highest BCUT2D eigenvalue weighted by Crippen LogP contribution is 2.26. The lowest BCUT2D eigenvalue weighted by Crippen LogP contribution is -2.34. The number of thioether (sulfide) groups is 1. The maximum absolute atomic E-state index is 11.4. The van der Waals surface area contributed by atoms with Crippen molar-refractivity contribution in [2.24, 2.45) is 0 Å². The first-order chi connectivity index (χ1) is 8.63. The topological polar surface area (TPSA) is 81.3 Å². The first-order valence-corrected chi connectivity index (χ1v) is 6.77. The van der Waals surface area contributed by atoms with Gasteiger partial charge in [-0.1, -0.05) is 0 Å². The highest BCUT2D eigenvalue weighted by molar-refractivity contribution is 7.99. The number of nitrogen functional groups attached to an aromatic ring is 1.